The molecule has 2 heterocycles. The number of carbonyl (C=O) groups excluding carboxylic acids is 2. The fraction of sp³-hybridized carbons (Fsp3) is 0.708. The molecule has 52 heavy (non-hydrogen) atoms. The van der Waals surface area contributed by atoms with E-state index in [1.54, 1.807) is 12.5 Å². The lowest BCUT2D eigenvalue weighted by Gasteiger charge is -2.24. The largest absolute Gasteiger partial charge is 0.465 e. The highest BCUT2D eigenvalue weighted by atomic mass is 16.3. The zero-order valence-electron chi connectivity index (χ0n) is 33.8. The average Bonchev–Trinajstić information content (AvgIpc) is 3.96. The molecule has 4 atom stereocenters. The molecule has 0 saturated carbocycles. The summed E-state index contributed by atoms with van der Waals surface area (Å²) in [7, 11) is 0. The first kappa shape index (κ1) is 42.1. The van der Waals surface area contributed by atoms with Gasteiger partial charge in [-0.1, -0.05) is 182 Å². The van der Waals surface area contributed by atoms with Gasteiger partial charge in [0.1, 0.15) is 11.5 Å². The highest BCUT2D eigenvalue weighted by Gasteiger charge is 2.52. The molecular formula is C48H74O4. The van der Waals surface area contributed by atoms with Crippen molar-refractivity contribution in [2.24, 2.45) is 23.7 Å². The van der Waals surface area contributed by atoms with E-state index < -0.39 is 0 Å². The molecule has 0 amide bonds. The number of Topliss-reactive ketones (excluding diaryl/α,β-unsaturated/α-hetero) is 2. The maximum Gasteiger partial charge on any atom is 0.171 e. The lowest BCUT2D eigenvalue weighted by Crippen LogP contribution is -2.20. The van der Waals surface area contributed by atoms with Crippen LogP contribution in [0.2, 0.25) is 0 Å². The van der Waals surface area contributed by atoms with E-state index in [1.807, 2.05) is 24.3 Å². The van der Waals surface area contributed by atoms with Gasteiger partial charge in [-0.05, 0) is 48.9 Å². The standard InChI is InChI=1S/C48H74O4/c1-5-9-13-17-19-23-29-37(27-21-15-11-7-3)35-39-43(41-31-25-33-51-41)45-46(47(39)49)44(42-32-26-34-52-42)40(48(45)50)36-38(28-22-16-12-8-4)30-24-20-18-14-10-6-2/h25-26,31-34,37-40H,5-24,27-30,35-36H2,1-4H3. The molecule has 2 aromatic heterocycles. The van der Waals surface area contributed by atoms with Crippen molar-refractivity contribution >= 4 is 22.7 Å². The van der Waals surface area contributed by atoms with Crippen LogP contribution in [-0.2, 0) is 9.59 Å². The summed E-state index contributed by atoms with van der Waals surface area (Å²) >= 11 is 0. The molecule has 0 bridgehead atoms. The van der Waals surface area contributed by atoms with Crippen molar-refractivity contribution in [3.05, 3.63) is 59.5 Å². The Balaban J connectivity index is 1.63. The molecule has 290 valence electrons. The van der Waals surface area contributed by atoms with Gasteiger partial charge >= 0.3 is 0 Å². The SMILES string of the molecule is CCCCCCCCC(CCCCCC)CC1C(=O)C2=C(c3ccco3)C(CC(CCCCCC)CCCCCCCC)C(=O)C2=C1c1ccco1. The van der Waals surface area contributed by atoms with Gasteiger partial charge in [-0.25, -0.2) is 0 Å². The summed E-state index contributed by atoms with van der Waals surface area (Å²) in [6.07, 6.45) is 34.9. The van der Waals surface area contributed by atoms with Gasteiger partial charge in [0.25, 0.3) is 0 Å². The Morgan fingerprint density at radius 1 is 0.462 bits per heavy atom. The number of carbonyl (C=O) groups is 2. The van der Waals surface area contributed by atoms with E-state index in [0.29, 0.717) is 34.5 Å². The summed E-state index contributed by atoms with van der Waals surface area (Å²) in [6.45, 7) is 9.08. The van der Waals surface area contributed by atoms with Gasteiger partial charge in [-0.3, -0.25) is 9.59 Å². The average molecular weight is 715 g/mol. The van der Waals surface area contributed by atoms with Crippen molar-refractivity contribution in [1.29, 1.82) is 0 Å². The Hall–Kier alpha value is -2.62. The van der Waals surface area contributed by atoms with Crippen molar-refractivity contribution in [3.8, 4) is 0 Å². The number of rotatable bonds is 30. The first-order valence-electron chi connectivity index (χ1n) is 22.2. The van der Waals surface area contributed by atoms with Crippen LogP contribution in [-0.4, -0.2) is 11.6 Å². The molecule has 0 spiro atoms. The van der Waals surface area contributed by atoms with E-state index in [1.165, 1.54) is 128 Å². The Bertz CT molecular complexity index is 1240. The summed E-state index contributed by atoms with van der Waals surface area (Å²) in [5.74, 6) is 1.90. The van der Waals surface area contributed by atoms with Crippen molar-refractivity contribution in [3.63, 3.8) is 0 Å². The number of hydrogen-bond acceptors (Lipinski definition) is 4. The minimum absolute atomic E-state index is 0.126. The van der Waals surface area contributed by atoms with Crippen LogP contribution in [0.5, 0.6) is 0 Å². The molecule has 0 radical (unpaired) electrons. The molecule has 0 N–H and O–H groups in total. The molecule has 4 nitrogen and oxygen atoms in total. The summed E-state index contributed by atoms with van der Waals surface area (Å²) in [6, 6.07) is 7.75. The number of furan rings is 2. The van der Waals surface area contributed by atoms with Crippen molar-refractivity contribution in [2.45, 2.75) is 195 Å². The van der Waals surface area contributed by atoms with Crippen LogP contribution in [0.25, 0.3) is 11.1 Å². The fourth-order valence-corrected chi connectivity index (χ4v) is 9.22. The molecule has 4 heteroatoms. The van der Waals surface area contributed by atoms with E-state index >= 15 is 0 Å². The molecule has 0 saturated heterocycles. The second-order valence-electron chi connectivity index (χ2n) is 16.4. The normalized spacial score (nSPS) is 18.6. The first-order chi connectivity index (χ1) is 25.5. The van der Waals surface area contributed by atoms with Crippen molar-refractivity contribution in [2.75, 3.05) is 0 Å². The summed E-state index contributed by atoms with van der Waals surface area (Å²) in [5, 5.41) is 0. The van der Waals surface area contributed by atoms with E-state index in [0.717, 1.165) is 49.7 Å². The predicted molar refractivity (Wildman–Crippen MR) is 218 cm³/mol. The minimum atomic E-state index is -0.338. The molecule has 2 aromatic rings. The maximum atomic E-state index is 14.9. The van der Waals surface area contributed by atoms with Crippen LogP contribution in [0.15, 0.2) is 56.8 Å². The van der Waals surface area contributed by atoms with Crippen LogP contribution in [0.1, 0.15) is 206 Å². The van der Waals surface area contributed by atoms with Gasteiger partial charge in [0.2, 0.25) is 0 Å². The molecule has 0 fully saturated rings. The number of allylic oxidation sites excluding steroid dienone is 4. The number of fused-ring (bicyclic) bond motifs is 1. The number of unbranched alkanes of at least 4 members (excludes halogenated alkanes) is 16. The molecule has 2 aliphatic carbocycles. The van der Waals surface area contributed by atoms with Gasteiger partial charge in [-0.2, -0.15) is 0 Å². The van der Waals surface area contributed by atoms with Gasteiger partial charge in [-0.15, -0.1) is 0 Å². The third-order valence-corrected chi connectivity index (χ3v) is 12.2. The molecule has 4 unspecified atom stereocenters. The zero-order valence-corrected chi connectivity index (χ0v) is 33.8. The lowest BCUT2D eigenvalue weighted by molar-refractivity contribution is -0.118. The van der Waals surface area contributed by atoms with E-state index in [9.17, 15) is 9.59 Å². The molecule has 4 rings (SSSR count). The first-order valence-corrected chi connectivity index (χ1v) is 22.2. The van der Waals surface area contributed by atoms with Crippen LogP contribution >= 0.6 is 0 Å². The topological polar surface area (TPSA) is 60.4 Å². The maximum absolute atomic E-state index is 14.9. The van der Waals surface area contributed by atoms with E-state index in [-0.39, 0.29) is 23.4 Å². The summed E-state index contributed by atoms with van der Waals surface area (Å²) in [5.41, 5.74) is 3.02. The Morgan fingerprint density at radius 3 is 1.08 bits per heavy atom. The lowest BCUT2D eigenvalue weighted by atomic mass is 9.79. The quantitative estimate of drug-likeness (QED) is 0.0756. The van der Waals surface area contributed by atoms with Crippen molar-refractivity contribution < 1.29 is 18.4 Å². The Labute approximate surface area is 318 Å². The molecule has 0 aromatic carbocycles. The third-order valence-electron chi connectivity index (χ3n) is 12.2. The van der Waals surface area contributed by atoms with Gasteiger partial charge in [0.15, 0.2) is 11.6 Å². The second kappa shape index (κ2) is 23.9. The monoisotopic (exact) mass is 715 g/mol. The number of hydrogen-bond donors (Lipinski definition) is 0. The van der Waals surface area contributed by atoms with Crippen LogP contribution in [0.3, 0.4) is 0 Å². The Kier molecular flexibility index (Phi) is 19.4. The Morgan fingerprint density at radius 2 is 0.769 bits per heavy atom. The highest BCUT2D eigenvalue weighted by molar-refractivity contribution is 6.34. The summed E-state index contributed by atoms with van der Waals surface area (Å²) < 4.78 is 12.2. The van der Waals surface area contributed by atoms with Crippen molar-refractivity contribution in [1.82, 2.24) is 0 Å². The van der Waals surface area contributed by atoms with Crippen LogP contribution in [0.4, 0.5) is 0 Å². The fourth-order valence-electron chi connectivity index (χ4n) is 9.22. The van der Waals surface area contributed by atoms with Crippen LogP contribution in [0, 0.1) is 23.7 Å². The minimum Gasteiger partial charge on any atom is -0.465 e. The number of ketones is 2. The van der Waals surface area contributed by atoms with E-state index in [2.05, 4.69) is 27.7 Å². The van der Waals surface area contributed by atoms with E-state index in [4.69, 9.17) is 8.83 Å². The third kappa shape index (κ3) is 12.2. The molecule has 2 aliphatic rings. The summed E-state index contributed by atoms with van der Waals surface area (Å²) in [4.78, 5) is 29.9. The second-order valence-corrected chi connectivity index (χ2v) is 16.4. The van der Waals surface area contributed by atoms with Gasteiger partial charge in [0, 0.05) is 22.3 Å². The molecular weight excluding hydrogens is 641 g/mol. The zero-order chi connectivity index (χ0) is 37.0. The smallest absolute Gasteiger partial charge is 0.171 e. The molecule has 0 aliphatic heterocycles. The van der Waals surface area contributed by atoms with Gasteiger partial charge in [0.05, 0.1) is 24.4 Å². The van der Waals surface area contributed by atoms with Gasteiger partial charge < -0.3 is 8.83 Å². The van der Waals surface area contributed by atoms with Crippen LogP contribution < -0.4 is 0 Å². The predicted octanol–water partition coefficient (Wildman–Crippen LogP) is 14.9. The highest BCUT2D eigenvalue weighted by Crippen LogP contribution is 2.54.